The number of morpholine rings is 3. The van der Waals surface area contributed by atoms with Crippen LogP contribution in [-0.4, -0.2) is 232 Å². The average molecular weight is 1490 g/mol. The molecule has 5 saturated heterocycles. The number of anilines is 8. The van der Waals surface area contributed by atoms with Crippen LogP contribution in [0.4, 0.5) is 46.3 Å². The summed E-state index contributed by atoms with van der Waals surface area (Å²) < 4.78 is 47.0. The second kappa shape index (κ2) is 36.0. The van der Waals surface area contributed by atoms with Crippen molar-refractivity contribution in [1.82, 2.24) is 65.1 Å². The highest BCUT2D eigenvalue weighted by atomic mass is 16.5. The molecule has 8 fully saturated rings. The van der Waals surface area contributed by atoms with Gasteiger partial charge in [0.05, 0.1) is 148 Å². The fourth-order valence-electron chi connectivity index (χ4n) is 15.2. The van der Waals surface area contributed by atoms with Gasteiger partial charge in [-0.25, -0.2) is 44.9 Å². The number of likely N-dealkylation sites (N-methyl/N-ethyl adjacent to an activating group) is 1. The zero-order chi connectivity index (χ0) is 74.3. The molecular weight excluding hydrogens is 1390 g/mol. The molecule has 8 aliphatic rings. The number of nitrogens with one attached hydrogen (secondary N) is 5. The predicted molar refractivity (Wildman–Crippen MR) is 418 cm³/mol. The Kier molecular flexibility index (Phi) is 24.6. The van der Waals surface area contributed by atoms with Crippen molar-refractivity contribution in [3.63, 3.8) is 0 Å². The van der Waals surface area contributed by atoms with Crippen LogP contribution in [0.3, 0.4) is 0 Å². The van der Waals surface area contributed by atoms with Crippen LogP contribution in [0.2, 0.25) is 0 Å². The standard InChI is InChI=1S/C28H35N7O4.C26H33N7O3.C25H33N7O2/c1-18-23(6-11-38-18)34-27(36)19-16-31-28(32-17-19)33-20-2-4-22(5-3-20)39-25-15-21(35-9-12-37-13-10-35)14-24-26(25)30-8-7-29-24;1-32(21-16-35-17-21)20-14-29-26(30-15-20)31-18-2-4-22(5-3-18)36-24-13-19(33-8-10-34-11-9-33)12-23-25(24)28-7-6-27-23;1-17(2)30-19-15-28-25(29-16-19)31-18-3-5-21(6-4-18)34-23-14-20(32-9-11-33-12-10-32)13-22-24(23)27-8-7-26-22/h7-8,14-18,20,22-23H,2-6,9-13H2,1H3,(H,34,36)(H,31,32,33);6-7,12-15,18,21-22H,2-5,8-11,16-17H2,1H3,(H,29,30,31);7-8,13-18,21,30H,3-6,9-12H2,1-2H3,(H,28,29,31). The van der Waals surface area contributed by atoms with E-state index in [1.165, 1.54) is 0 Å². The molecule has 0 spiro atoms. The summed E-state index contributed by atoms with van der Waals surface area (Å²) >= 11 is 0. The van der Waals surface area contributed by atoms with Crippen LogP contribution < -0.4 is 60.4 Å². The van der Waals surface area contributed by atoms with Gasteiger partial charge in [0, 0.05) is 162 Å². The molecule has 9 aromatic rings. The molecule has 6 aromatic heterocycles. The van der Waals surface area contributed by atoms with Crippen molar-refractivity contribution in [3.8, 4) is 17.2 Å². The number of carbonyl (C=O) groups excluding carboxylic acids is 1. The van der Waals surface area contributed by atoms with E-state index in [9.17, 15) is 4.79 Å². The van der Waals surface area contributed by atoms with Gasteiger partial charge in [-0.1, -0.05) is 0 Å². The lowest BCUT2D eigenvalue weighted by Gasteiger charge is -2.35. The second-order valence-electron chi connectivity index (χ2n) is 29.5. The van der Waals surface area contributed by atoms with Crippen molar-refractivity contribution < 1.29 is 42.7 Å². The van der Waals surface area contributed by atoms with Gasteiger partial charge in [0.15, 0.2) is 0 Å². The molecule has 109 heavy (non-hydrogen) atoms. The summed E-state index contributed by atoms with van der Waals surface area (Å²) in [5.41, 5.74) is 10.7. The molecule has 5 N–H and O–H groups in total. The molecule has 5 aliphatic heterocycles. The Labute approximate surface area is 635 Å². The summed E-state index contributed by atoms with van der Waals surface area (Å²) in [6.07, 6.45) is 33.7. The molecular formula is C79H101N21O9. The summed E-state index contributed by atoms with van der Waals surface area (Å²) in [5.74, 6) is 4.15. The van der Waals surface area contributed by atoms with Crippen LogP contribution in [0.1, 0.15) is 115 Å². The van der Waals surface area contributed by atoms with Gasteiger partial charge in [-0.2, -0.15) is 0 Å². The number of nitrogens with zero attached hydrogens (tertiary/aromatic N) is 16. The third kappa shape index (κ3) is 19.5. The molecule has 2 unspecified atom stereocenters. The molecule has 30 heteroatoms. The summed E-state index contributed by atoms with van der Waals surface area (Å²) in [7, 11) is 2.06. The number of ether oxygens (including phenoxy) is 8. The minimum Gasteiger partial charge on any atom is -0.488 e. The van der Waals surface area contributed by atoms with Crippen LogP contribution in [0.25, 0.3) is 33.1 Å². The molecule has 2 atom stereocenters. The number of benzene rings is 3. The third-order valence-electron chi connectivity index (χ3n) is 21.5. The van der Waals surface area contributed by atoms with Gasteiger partial charge in [-0.15, -0.1) is 0 Å². The van der Waals surface area contributed by atoms with Gasteiger partial charge in [-0.05, 0) is 122 Å². The predicted octanol–water partition coefficient (Wildman–Crippen LogP) is 9.74. The van der Waals surface area contributed by atoms with E-state index in [4.69, 9.17) is 37.9 Å². The Balaban J connectivity index is 0.000000130. The van der Waals surface area contributed by atoms with Gasteiger partial charge in [0.25, 0.3) is 5.91 Å². The van der Waals surface area contributed by atoms with Crippen LogP contribution in [0, 0.1) is 0 Å². The van der Waals surface area contributed by atoms with Gasteiger partial charge in [0.1, 0.15) is 33.8 Å². The van der Waals surface area contributed by atoms with Gasteiger partial charge in [0.2, 0.25) is 17.8 Å². The van der Waals surface area contributed by atoms with E-state index >= 15 is 0 Å². The molecule has 0 radical (unpaired) electrons. The first-order chi connectivity index (χ1) is 53.5. The lowest BCUT2D eigenvalue weighted by atomic mass is 9.93. The normalized spacial score (nSPS) is 23.1. The van der Waals surface area contributed by atoms with Crippen molar-refractivity contribution in [3.05, 3.63) is 116 Å². The van der Waals surface area contributed by atoms with E-state index in [1.54, 1.807) is 49.6 Å². The van der Waals surface area contributed by atoms with Crippen LogP contribution in [0.5, 0.6) is 17.2 Å². The van der Waals surface area contributed by atoms with Crippen LogP contribution in [-0.2, 0) is 23.7 Å². The van der Waals surface area contributed by atoms with Gasteiger partial charge < -0.3 is 84.1 Å². The smallest absolute Gasteiger partial charge is 0.254 e. The molecule has 0 bridgehead atoms. The third-order valence-corrected chi connectivity index (χ3v) is 21.5. The monoisotopic (exact) mass is 1490 g/mol. The zero-order valence-corrected chi connectivity index (χ0v) is 62.8. The summed E-state index contributed by atoms with van der Waals surface area (Å²) in [4.78, 5) is 75.8. The highest BCUT2D eigenvalue weighted by Gasteiger charge is 2.31. The Hall–Kier alpha value is -10.0. The van der Waals surface area contributed by atoms with E-state index in [2.05, 4.69) is 163 Å². The molecule has 3 aliphatic carbocycles. The van der Waals surface area contributed by atoms with Crippen LogP contribution >= 0.6 is 0 Å². The fraction of sp³-hybridized carbons (Fsp3) is 0.532. The first-order valence-corrected chi connectivity index (χ1v) is 39.0. The second-order valence-corrected chi connectivity index (χ2v) is 29.5. The number of rotatable bonds is 21. The largest absolute Gasteiger partial charge is 0.488 e. The van der Waals surface area contributed by atoms with E-state index < -0.39 is 0 Å². The molecule has 30 nitrogen and oxygen atoms in total. The highest BCUT2D eigenvalue weighted by Crippen LogP contribution is 2.38. The molecule has 3 aromatic carbocycles. The maximum absolute atomic E-state index is 12.5. The van der Waals surface area contributed by atoms with E-state index in [0.29, 0.717) is 54.2 Å². The van der Waals surface area contributed by atoms with Crippen LogP contribution in [0.15, 0.2) is 111 Å². The van der Waals surface area contributed by atoms with Crippen molar-refractivity contribution in [2.75, 3.05) is 147 Å². The van der Waals surface area contributed by atoms with Gasteiger partial charge in [-0.3, -0.25) is 19.7 Å². The number of fused-ring (bicyclic) bond motifs is 3. The van der Waals surface area contributed by atoms with Crippen molar-refractivity contribution in [2.45, 2.75) is 165 Å². The molecule has 3 saturated carbocycles. The Morgan fingerprint density at radius 1 is 0.450 bits per heavy atom. The molecule has 17 rings (SSSR count). The molecule has 576 valence electrons. The summed E-state index contributed by atoms with van der Waals surface area (Å²) in [5, 5.41) is 16.7. The van der Waals surface area contributed by atoms with Crippen molar-refractivity contribution >= 4 is 85.3 Å². The zero-order valence-electron chi connectivity index (χ0n) is 62.8. The van der Waals surface area contributed by atoms with Crippen molar-refractivity contribution in [1.29, 1.82) is 0 Å². The lowest BCUT2D eigenvalue weighted by Crippen LogP contribution is -2.47. The van der Waals surface area contributed by atoms with Gasteiger partial charge >= 0.3 is 0 Å². The highest BCUT2D eigenvalue weighted by molar-refractivity contribution is 5.94. The maximum Gasteiger partial charge on any atom is 0.254 e. The quantitative estimate of drug-likeness (QED) is 0.0447. The van der Waals surface area contributed by atoms with E-state index in [-0.39, 0.29) is 42.4 Å². The minimum absolute atomic E-state index is 0.0234. The number of aromatic nitrogens is 12. The average Bonchev–Trinajstić information content (AvgIpc) is 0.970. The number of carbonyl (C=O) groups is 1. The van der Waals surface area contributed by atoms with E-state index in [0.717, 1.165) is 254 Å². The molecule has 1 amide bonds. The fourth-order valence-corrected chi connectivity index (χ4v) is 15.2. The lowest BCUT2D eigenvalue weighted by molar-refractivity contribution is 0.0101. The first kappa shape index (κ1) is 74.5. The van der Waals surface area contributed by atoms with E-state index in [1.807, 2.05) is 31.7 Å². The topological polar surface area (TPSA) is 319 Å². The van der Waals surface area contributed by atoms with Crippen molar-refractivity contribution in [2.24, 2.45) is 0 Å². The summed E-state index contributed by atoms with van der Waals surface area (Å²) in [6, 6.07) is 14.4. The Morgan fingerprint density at radius 3 is 1.17 bits per heavy atom. The summed E-state index contributed by atoms with van der Waals surface area (Å²) in [6.45, 7) is 18.0. The first-order valence-electron chi connectivity index (χ1n) is 39.0. The number of amides is 1. The SMILES string of the molecule is CC(C)Nc1cnc(NC2CCC(Oc3cc(N4CCOCC4)cc4nccnc34)CC2)nc1.CC1OCCC1NC(=O)c1cnc(NC2CCC(Oc3cc(N4CCOCC4)cc4nccnc34)CC2)nc1.CN(c1cnc(NC2CCC(Oc3cc(N4CCOCC4)cc4nccnc34)CC2)nc1)C1COC1. The number of hydrogen-bond donors (Lipinski definition) is 5. The minimum atomic E-state index is -0.170. The number of hydrogen-bond acceptors (Lipinski definition) is 29. The maximum atomic E-state index is 12.5. The Morgan fingerprint density at radius 2 is 0.817 bits per heavy atom. The Bertz CT molecular complexity index is 4400. The molecule has 11 heterocycles.